The fraction of sp³-hybridized carbons (Fsp3) is 0.0909. The Kier molecular flexibility index (Phi) is 2.04. The number of rotatable bonds is 1. The molecule has 0 saturated heterocycles. The summed E-state index contributed by atoms with van der Waals surface area (Å²) in [5.74, 6) is -0.440. The largest absolute Gasteiger partial charge is 0.505 e. The van der Waals surface area contributed by atoms with Crippen molar-refractivity contribution < 1.29 is 14.7 Å². The maximum atomic E-state index is 11.3. The molecule has 1 aromatic heterocycles. The first-order valence-corrected chi connectivity index (χ1v) is 4.45. The second-order valence-electron chi connectivity index (χ2n) is 3.22. The maximum Gasteiger partial charge on any atom is 0.228 e. The van der Waals surface area contributed by atoms with Gasteiger partial charge in [0.2, 0.25) is 5.91 Å². The van der Waals surface area contributed by atoms with Crippen LogP contribution in [-0.2, 0) is 0 Å². The van der Waals surface area contributed by atoms with Gasteiger partial charge in [-0.2, -0.15) is 0 Å². The summed E-state index contributed by atoms with van der Waals surface area (Å²) in [6, 6.07) is 6.83. The Labute approximate surface area is 85.7 Å². The minimum atomic E-state index is -0.298. The molecule has 0 aliphatic heterocycles. The van der Waals surface area contributed by atoms with Crippen molar-refractivity contribution in [2.24, 2.45) is 0 Å². The first-order chi connectivity index (χ1) is 7.16. The van der Waals surface area contributed by atoms with Crippen LogP contribution in [-0.4, -0.2) is 21.9 Å². The van der Waals surface area contributed by atoms with Crippen LogP contribution in [0.3, 0.4) is 0 Å². The first-order valence-electron chi connectivity index (χ1n) is 4.45. The lowest BCUT2D eigenvalue weighted by Gasteiger charge is -1.99. The molecule has 0 fully saturated rings. The standard InChI is InChI=1S/C11H9NO3/c1-7(14)12-9-5-3-2-4-8(9)11(15)10(12)6-13/h2-6,15H,1H3. The van der Waals surface area contributed by atoms with Gasteiger partial charge in [0.15, 0.2) is 12.0 Å². The lowest BCUT2D eigenvalue weighted by molar-refractivity contribution is 0.0928. The molecule has 1 aromatic carbocycles. The number of aromatic hydroxyl groups is 1. The number of para-hydroxylation sites is 1. The number of benzene rings is 1. The van der Waals surface area contributed by atoms with Gasteiger partial charge in [0.25, 0.3) is 0 Å². The van der Waals surface area contributed by atoms with E-state index in [9.17, 15) is 14.7 Å². The maximum absolute atomic E-state index is 11.3. The van der Waals surface area contributed by atoms with Gasteiger partial charge in [-0.25, -0.2) is 0 Å². The van der Waals surface area contributed by atoms with Gasteiger partial charge < -0.3 is 5.11 Å². The van der Waals surface area contributed by atoms with Crippen molar-refractivity contribution in [3.8, 4) is 5.75 Å². The molecule has 0 bridgehead atoms. The highest BCUT2D eigenvalue weighted by atomic mass is 16.3. The van der Waals surface area contributed by atoms with E-state index in [0.717, 1.165) is 0 Å². The van der Waals surface area contributed by atoms with E-state index < -0.39 is 0 Å². The van der Waals surface area contributed by atoms with E-state index in [4.69, 9.17) is 0 Å². The van der Waals surface area contributed by atoms with E-state index in [-0.39, 0.29) is 17.4 Å². The summed E-state index contributed by atoms with van der Waals surface area (Å²) >= 11 is 0. The van der Waals surface area contributed by atoms with Crippen LogP contribution in [0.1, 0.15) is 22.2 Å². The highest BCUT2D eigenvalue weighted by molar-refractivity contribution is 6.03. The lowest BCUT2D eigenvalue weighted by atomic mass is 10.2. The number of carbonyl (C=O) groups excluding carboxylic acids is 2. The summed E-state index contributed by atoms with van der Waals surface area (Å²) in [7, 11) is 0. The molecule has 0 aliphatic carbocycles. The Balaban J connectivity index is 2.97. The van der Waals surface area contributed by atoms with Gasteiger partial charge in [-0.1, -0.05) is 12.1 Å². The second kappa shape index (κ2) is 3.24. The molecule has 0 spiro atoms. The molecule has 0 aliphatic rings. The number of hydrogen-bond acceptors (Lipinski definition) is 3. The molecule has 1 N–H and O–H groups in total. The summed E-state index contributed by atoms with van der Waals surface area (Å²) < 4.78 is 1.21. The predicted octanol–water partition coefficient (Wildman–Crippen LogP) is 1.82. The topological polar surface area (TPSA) is 59.3 Å². The molecular weight excluding hydrogens is 194 g/mol. The lowest BCUT2D eigenvalue weighted by Crippen LogP contribution is -2.08. The number of carbonyl (C=O) groups is 2. The minimum Gasteiger partial charge on any atom is -0.505 e. The molecule has 0 radical (unpaired) electrons. The van der Waals surface area contributed by atoms with Crippen molar-refractivity contribution in [2.45, 2.75) is 6.92 Å². The van der Waals surface area contributed by atoms with Crippen molar-refractivity contribution in [1.82, 2.24) is 4.57 Å². The van der Waals surface area contributed by atoms with Crippen LogP contribution in [0.15, 0.2) is 24.3 Å². The molecule has 1 heterocycles. The van der Waals surface area contributed by atoms with Crippen LogP contribution in [0, 0.1) is 0 Å². The number of fused-ring (bicyclic) bond motifs is 1. The average molecular weight is 203 g/mol. The van der Waals surface area contributed by atoms with Gasteiger partial charge in [0, 0.05) is 12.3 Å². The van der Waals surface area contributed by atoms with E-state index in [1.165, 1.54) is 11.5 Å². The van der Waals surface area contributed by atoms with Gasteiger partial charge in [0.05, 0.1) is 5.52 Å². The minimum absolute atomic E-state index is 0.00343. The third kappa shape index (κ3) is 1.22. The van der Waals surface area contributed by atoms with Crippen molar-refractivity contribution in [2.75, 3.05) is 0 Å². The number of hydrogen-bond donors (Lipinski definition) is 1. The third-order valence-corrected chi connectivity index (χ3v) is 2.31. The summed E-state index contributed by atoms with van der Waals surface area (Å²) in [6.07, 6.45) is 0.483. The smallest absolute Gasteiger partial charge is 0.228 e. The molecule has 76 valence electrons. The van der Waals surface area contributed by atoms with Crippen molar-refractivity contribution >= 4 is 23.1 Å². The number of nitrogens with zero attached hydrogens (tertiary/aromatic N) is 1. The molecule has 4 heteroatoms. The molecule has 0 unspecified atom stereocenters. The zero-order chi connectivity index (χ0) is 11.0. The molecule has 0 atom stereocenters. The fourth-order valence-electron chi connectivity index (χ4n) is 1.69. The van der Waals surface area contributed by atoms with E-state index in [1.54, 1.807) is 24.3 Å². The summed E-state index contributed by atoms with van der Waals surface area (Å²) in [6.45, 7) is 1.35. The molecule has 0 amide bonds. The van der Waals surface area contributed by atoms with Crippen LogP contribution < -0.4 is 0 Å². The Morgan fingerprint density at radius 3 is 2.67 bits per heavy atom. The Hall–Kier alpha value is -2.10. The normalized spacial score (nSPS) is 10.5. The van der Waals surface area contributed by atoms with E-state index in [1.807, 2.05) is 0 Å². The zero-order valence-corrected chi connectivity index (χ0v) is 8.10. The van der Waals surface area contributed by atoms with Crippen LogP contribution in [0.4, 0.5) is 0 Å². The molecule has 2 aromatic rings. The first kappa shape index (κ1) is 9.45. The van der Waals surface area contributed by atoms with Gasteiger partial charge in [0.1, 0.15) is 5.69 Å². The fourth-order valence-corrected chi connectivity index (χ4v) is 1.69. The monoisotopic (exact) mass is 203 g/mol. The predicted molar refractivity (Wildman–Crippen MR) is 55.3 cm³/mol. The Bertz CT molecular complexity index is 554. The summed E-state index contributed by atoms with van der Waals surface area (Å²) in [5, 5.41) is 10.2. The van der Waals surface area contributed by atoms with Crippen molar-refractivity contribution in [1.29, 1.82) is 0 Å². The van der Waals surface area contributed by atoms with Crippen molar-refractivity contribution in [3.63, 3.8) is 0 Å². The van der Waals surface area contributed by atoms with Gasteiger partial charge in [-0.15, -0.1) is 0 Å². The summed E-state index contributed by atoms with van der Waals surface area (Å²) in [5.41, 5.74) is 0.549. The Morgan fingerprint density at radius 2 is 2.07 bits per heavy atom. The Morgan fingerprint density at radius 1 is 1.40 bits per heavy atom. The third-order valence-electron chi connectivity index (χ3n) is 2.31. The van der Waals surface area contributed by atoms with Crippen LogP contribution >= 0.6 is 0 Å². The van der Waals surface area contributed by atoms with Gasteiger partial charge >= 0.3 is 0 Å². The SMILES string of the molecule is CC(=O)n1c(C=O)c(O)c2ccccc21. The van der Waals surface area contributed by atoms with Crippen LogP contribution in [0.2, 0.25) is 0 Å². The van der Waals surface area contributed by atoms with Gasteiger partial charge in [-0.05, 0) is 12.1 Å². The van der Waals surface area contributed by atoms with Crippen LogP contribution in [0.5, 0.6) is 5.75 Å². The van der Waals surface area contributed by atoms with E-state index in [2.05, 4.69) is 0 Å². The second-order valence-corrected chi connectivity index (χ2v) is 3.22. The molecule has 4 nitrogen and oxygen atoms in total. The van der Waals surface area contributed by atoms with E-state index >= 15 is 0 Å². The number of aldehydes is 1. The highest BCUT2D eigenvalue weighted by Gasteiger charge is 2.17. The summed E-state index contributed by atoms with van der Waals surface area (Å²) in [4.78, 5) is 22.1. The van der Waals surface area contributed by atoms with Crippen molar-refractivity contribution in [3.05, 3.63) is 30.0 Å². The van der Waals surface area contributed by atoms with E-state index in [0.29, 0.717) is 17.2 Å². The molecular formula is C11H9NO3. The molecule has 15 heavy (non-hydrogen) atoms. The molecule has 2 rings (SSSR count). The number of aromatic nitrogens is 1. The average Bonchev–Trinajstić information content (AvgIpc) is 2.52. The quantitative estimate of drug-likeness (QED) is 0.719. The molecule has 0 saturated carbocycles. The van der Waals surface area contributed by atoms with Crippen LogP contribution in [0.25, 0.3) is 10.9 Å². The van der Waals surface area contributed by atoms with Gasteiger partial charge in [-0.3, -0.25) is 14.2 Å². The highest BCUT2D eigenvalue weighted by Crippen LogP contribution is 2.30. The zero-order valence-electron chi connectivity index (χ0n) is 8.10.